The molecule has 24 heavy (non-hydrogen) atoms. The molecule has 0 heterocycles. The van der Waals surface area contributed by atoms with Crippen molar-refractivity contribution in [1.29, 1.82) is 0 Å². The third-order valence-corrected chi connectivity index (χ3v) is 4.51. The van der Waals surface area contributed by atoms with Crippen LogP contribution in [-0.2, 0) is 6.54 Å². The number of hydrogen-bond acceptors (Lipinski definition) is 2. The standard InChI is InChI=1S/C21H22ClNO/c1-3-12-24-21-11-9-16-6-4-5-7-18(16)19(21)14-23-17-10-8-15(2)20(22)13-17/h4-11,13,23H,3,12,14H2,1-2H3. The molecule has 1 N–H and O–H groups in total. The lowest BCUT2D eigenvalue weighted by Gasteiger charge is -2.15. The summed E-state index contributed by atoms with van der Waals surface area (Å²) in [5.74, 6) is 0.946. The van der Waals surface area contributed by atoms with Crippen molar-refractivity contribution in [2.75, 3.05) is 11.9 Å². The second kappa shape index (κ2) is 7.59. The molecule has 0 aliphatic carbocycles. The minimum Gasteiger partial charge on any atom is -0.493 e. The minimum absolute atomic E-state index is 0.694. The molecule has 0 spiro atoms. The van der Waals surface area contributed by atoms with Gasteiger partial charge in [0.25, 0.3) is 0 Å². The Kier molecular flexibility index (Phi) is 5.27. The van der Waals surface area contributed by atoms with Gasteiger partial charge in [0.15, 0.2) is 0 Å². The van der Waals surface area contributed by atoms with E-state index in [9.17, 15) is 0 Å². The smallest absolute Gasteiger partial charge is 0.124 e. The lowest BCUT2D eigenvalue weighted by atomic mass is 10.0. The van der Waals surface area contributed by atoms with E-state index in [-0.39, 0.29) is 0 Å². The van der Waals surface area contributed by atoms with Crippen molar-refractivity contribution in [3.05, 3.63) is 70.7 Å². The van der Waals surface area contributed by atoms with Crippen LogP contribution in [0.3, 0.4) is 0 Å². The molecule has 0 saturated carbocycles. The van der Waals surface area contributed by atoms with Crippen LogP contribution in [0.2, 0.25) is 5.02 Å². The van der Waals surface area contributed by atoms with Gasteiger partial charge in [-0.3, -0.25) is 0 Å². The van der Waals surface area contributed by atoms with E-state index in [1.165, 1.54) is 16.3 Å². The second-order valence-electron chi connectivity index (χ2n) is 5.93. The highest BCUT2D eigenvalue weighted by Gasteiger charge is 2.09. The molecule has 0 aromatic heterocycles. The van der Waals surface area contributed by atoms with E-state index in [1.807, 2.05) is 19.1 Å². The van der Waals surface area contributed by atoms with Gasteiger partial charge in [0.05, 0.1) is 6.61 Å². The SMILES string of the molecule is CCCOc1ccc2ccccc2c1CNc1ccc(C)c(Cl)c1. The highest BCUT2D eigenvalue weighted by Crippen LogP contribution is 2.29. The first-order chi connectivity index (χ1) is 11.7. The minimum atomic E-state index is 0.694. The molecule has 0 atom stereocenters. The van der Waals surface area contributed by atoms with E-state index in [1.54, 1.807) is 0 Å². The molecule has 0 aliphatic heterocycles. The molecule has 0 aliphatic rings. The monoisotopic (exact) mass is 339 g/mol. The fraction of sp³-hybridized carbons (Fsp3) is 0.238. The average molecular weight is 340 g/mol. The number of hydrogen-bond donors (Lipinski definition) is 1. The first kappa shape index (κ1) is 16.7. The normalized spacial score (nSPS) is 10.8. The van der Waals surface area contributed by atoms with E-state index in [4.69, 9.17) is 16.3 Å². The third kappa shape index (κ3) is 3.65. The summed E-state index contributed by atoms with van der Waals surface area (Å²) in [6.45, 7) is 5.54. The van der Waals surface area contributed by atoms with Crippen LogP contribution in [0, 0.1) is 6.92 Å². The van der Waals surface area contributed by atoms with Crippen LogP contribution in [0.5, 0.6) is 5.75 Å². The van der Waals surface area contributed by atoms with Crippen LogP contribution in [-0.4, -0.2) is 6.61 Å². The summed E-state index contributed by atoms with van der Waals surface area (Å²) in [5.41, 5.74) is 3.28. The summed E-state index contributed by atoms with van der Waals surface area (Å²) in [6.07, 6.45) is 0.993. The Morgan fingerprint density at radius 3 is 2.67 bits per heavy atom. The number of benzene rings is 3. The van der Waals surface area contributed by atoms with E-state index in [0.29, 0.717) is 6.54 Å². The maximum atomic E-state index is 6.23. The number of fused-ring (bicyclic) bond motifs is 1. The van der Waals surface area contributed by atoms with Crippen LogP contribution in [0.4, 0.5) is 5.69 Å². The van der Waals surface area contributed by atoms with Crippen LogP contribution in [0.1, 0.15) is 24.5 Å². The predicted octanol–water partition coefficient (Wildman–Crippen LogP) is 6.20. The molecule has 3 aromatic carbocycles. The zero-order valence-corrected chi connectivity index (χ0v) is 14.9. The maximum absolute atomic E-state index is 6.23. The van der Waals surface area contributed by atoms with Crippen LogP contribution < -0.4 is 10.1 Å². The predicted molar refractivity (Wildman–Crippen MR) is 103 cm³/mol. The van der Waals surface area contributed by atoms with Crippen molar-refractivity contribution in [3.8, 4) is 5.75 Å². The Morgan fingerprint density at radius 2 is 1.88 bits per heavy atom. The Labute approximate surface area is 148 Å². The quantitative estimate of drug-likeness (QED) is 0.577. The third-order valence-electron chi connectivity index (χ3n) is 4.10. The van der Waals surface area contributed by atoms with Gasteiger partial charge in [0.1, 0.15) is 5.75 Å². The van der Waals surface area contributed by atoms with Gasteiger partial charge in [0.2, 0.25) is 0 Å². The highest BCUT2D eigenvalue weighted by molar-refractivity contribution is 6.31. The van der Waals surface area contributed by atoms with Gasteiger partial charge in [0, 0.05) is 22.8 Å². The van der Waals surface area contributed by atoms with Crippen LogP contribution >= 0.6 is 11.6 Å². The molecular formula is C21H22ClNO. The zero-order valence-electron chi connectivity index (χ0n) is 14.1. The number of nitrogens with one attached hydrogen (secondary N) is 1. The average Bonchev–Trinajstić information content (AvgIpc) is 2.61. The molecule has 124 valence electrons. The zero-order chi connectivity index (χ0) is 16.9. The fourth-order valence-corrected chi connectivity index (χ4v) is 2.92. The van der Waals surface area contributed by atoms with Gasteiger partial charge in [-0.2, -0.15) is 0 Å². The van der Waals surface area contributed by atoms with Gasteiger partial charge < -0.3 is 10.1 Å². The van der Waals surface area contributed by atoms with E-state index in [2.05, 4.69) is 54.7 Å². The van der Waals surface area contributed by atoms with Crippen molar-refractivity contribution >= 4 is 28.1 Å². The van der Waals surface area contributed by atoms with Gasteiger partial charge in [-0.15, -0.1) is 0 Å². The lowest BCUT2D eigenvalue weighted by Crippen LogP contribution is -2.05. The molecular weight excluding hydrogens is 318 g/mol. The van der Waals surface area contributed by atoms with Crippen molar-refractivity contribution in [2.24, 2.45) is 0 Å². The summed E-state index contributed by atoms with van der Waals surface area (Å²) in [7, 11) is 0. The molecule has 0 radical (unpaired) electrons. The molecule has 0 fully saturated rings. The molecule has 0 amide bonds. The molecule has 2 nitrogen and oxygen atoms in total. The molecule has 3 aromatic rings. The first-order valence-corrected chi connectivity index (χ1v) is 8.70. The molecule has 3 heteroatoms. The van der Waals surface area contributed by atoms with Crippen LogP contribution in [0.25, 0.3) is 10.8 Å². The molecule has 3 rings (SSSR count). The Balaban J connectivity index is 1.91. The van der Waals surface area contributed by atoms with Gasteiger partial charge in [-0.1, -0.05) is 54.9 Å². The van der Waals surface area contributed by atoms with Crippen molar-refractivity contribution in [2.45, 2.75) is 26.8 Å². The van der Waals surface area contributed by atoms with Crippen LogP contribution in [0.15, 0.2) is 54.6 Å². The summed E-state index contributed by atoms with van der Waals surface area (Å²) in [5, 5.41) is 6.69. The summed E-state index contributed by atoms with van der Waals surface area (Å²) in [6, 6.07) is 18.6. The Bertz CT molecular complexity index is 844. The highest BCUT2D eigenvalue weighted by atomic mass is 35.5. The number of aryl methyl sites for hydroxylation is 1. The van der Waals surface area contributed by atoms with Gasteiger partial charge in [-0.25, -0.2) is 0 Å². The summed E-state index contributed by atoms with van der Waals surface area (Å²) >= 11 is 6.23. The van der Waals surface area contributed by atoms with Gasteiger partial charge in [-0.05, 0) is 47.9 Å². The lowest BCUT2D eigenvalue weighted by molar-refractivity contribution is 0.315. The van der Waals surface area contributed by atoms with Crippen molar-refractivity contribution in [3.63, 3.8) is 0 Å². The number of anilines is 1. The van der Waals surface area contributed by atoms with Crippen molar-refractivity contribution < 1.29 is 4.74 Å². The van der Waals surface area contributed by atoms with Crippen molar-refractivity contribution in [1.82, 2.24) is 0 Å². The van der Waals surface area contributed by atoms with E-state index < -0.39 is 0 Å². The summed E-state index contributed by atoms with van der Waals surface area (Å²) in [4.78, 5) is 0. The number of rotatable bonds is 6. The molecule has 0 unspecified atom stereocenters. The number of halogens is 1. The van der Waals surface area contributed by atoms with E-state index in [0.717, 1.165) is 35.1 Å². The molecule has 0 saturated heterocycles. The topological polar surface area (TPSA) is 21.3 Å². The Hall–Kier alpha value is -2.19. The first-order valence-electron chi connectivity index (χ1n) is 8.32. The van der Waals surface area contributed by atoms with Gasteiger partial charge >= 0.3 is 0 Å². The second-order valence-corrected chi connectivity index (χ2v) is 6.34. The molecule has 0 bridgehead atoms. The fourth-order valence-electron chi connectivity index (χ4n) is 2.74. The summed E-state index contributed by atoms with van der Waals surface area (Å²) < 4.78 is 5.96. The van der Waals surface area contributed by atoms with E-state index >= 15 is 0 Å². The Morgan fingerprint density at radius 1 is 1.04 bits per heavy atom. The number of ether oxygens (including phenoxy) is 1. The maximum Gasteiger partial charge on any atom is 0.124 e. The largest absolute Gasteiger partial charge is 0.493 e.